The Morgan fingerprint density at radius 1 is 1.00 bits per heavy atom. The van der Waals surface area contributed by atoms with E-state index in [0.717, 1.165) is 42.1 Å². The smallest absolute Gasteiger partial charge is 0.315 e. The largest absolute Gasteiger partial charge is 0.497 e. The number of aryl methyl sites for hydroxylation is 1. The number of benzene rings is 3. The third-order valence-corrected chi connectivity index (χ3v) is 6.46. The molecule has 33 heavy (non-hydrogen) atoms. The molecule has 2 atom stereocenters. The summed E-state index contributed by atoms with van der Waals surface area (Å²) in [5, 5.41) is 6.24. The van der Waals surface area contributed by atoms with Gasteiger partial charge in [0.15, 0.2) is 11.5 Å². The maximum absolute atomic E-state index is 12.8. The Bertz CT molecular complexity index is 1130. The topological polar surface area (TPSA) is 68.8 Å². The van der Waals surface area contributed by atoms with Crippen molar-refractivity contribution in [1.82, 2.24) is 10.6 Å². The van der Waals surface area contributed by atoms with Crippen LogP contribution in [0.1, 0.15) is 34.6 Å². The van der Waals surface area contributed by atoms with Crippen molar-refractivity contribution in [2.75, 3.05) is 13.9 Å². The maximum Gasteiger partial charge on any atom is 0.315 e. The molecule has 2 N–H and O–H groups in total. The Morgan fingerprint density at radius 3 is 2.70 bits per heavy atom. The highest BCUT2D eigenvalue weighted by Gasteiger charge is 2.31. The average molecular weight is 445 g/mol. The number of amides is 2. The van der Waals surface area contributed by atoms with Gasteiger partial charge in [-0.1, -0.05) is 42.5 Å². The van der Waals surface area contributed by atoms with E-state index >= 15 is 0 Å². The molecule has 5 rings (SSSR count). The van der Waals surface area contributed by atoms with Crippen LogP contribution in [0.3, 0.4) is 0 Å². The number of methoxy groups -OCH3 is 1. The van der Waals surface area contributed by atoms with Crippen LogP contribution in [0.4, 0.5) is 4.79 Å². The normalized spacial score (nSPS) is 18.3. The molecule has 2 aliphatic rings. The first-order valence-electron chi connectivity index (χ1n) is 11.3. The number of ether oxygens (including phenoxy) is 3. The molecule has 2 unspecified atom stereocenters. The molecule has 0 radical (unpaired) electrons. The molecule has 6 heteroatoms. The third-order valence-electron chi connectivity index (χ3n) is 6.46. The van der Waals surface area contributed by atoms with Gasteiger partial charge in [-0.15, -0.1) is 0 Å². The van der Waals surface area contributed by atoms with Crippen LogP contribution < -0.4 is 24.8 Å². The minimum Gasteiger partial charge on any atom is -0.497 e. The highest BCUT2D eigenvalue weighted by atomic mass is 16.7. The molecule has 1 aliphatic carbocycles. The number of urea groups is 1. The van der Waals surface area contributed by atoms with Crippen LogP contribution in [-0.2, 0) is 19.4 Å². The van der Waals surface area contributed by atoms with Crippen molar-refractivity contribution < 1.29 is 19.0 Å². The van der Waals surface area contributed by atoms with Gasteiger partial charge in [-0.2, -0.15) is 0 Å². The van der Waals surface area contributed by atoms with Gasteiger partial charge in [-0.3, -0.25) is 0 Å². The quantitative estimate of drug-likeness (QED) is 0.585. The molecule has 0 fully saturated rings. The van der Waals surface area contributed by atoms with Crippen LogP contribution in [-0.4, -0.2) is 26.0 Å². The number of rotatable bonds is 6. The summed E-state index contributed by atoms with van der Waals surface area (Å²) in [6.07, 6.45) is 2.66. The van der Waals surface area contributed by atoms with Gasteiger partial charge in [-0.05, 0) is 65.8 Å². The van der Waals surface area contributed by atoms with Gasteiger partial charge in [0.25, 0.3) is 0 Å². The van der Waals surface area contributed by atoms with Crippen LogP contribution in [0, 0.1) is 0 Å². The van der Waals surface area contributed by atoms with Gasteiger partial charge in [0, 0.05) is 18.5 Å². The average Bonchev–Trinajstić information content (AvgIpc) is 3.32. The molecule has 3 aromatic carbocycles. The lowest BCUT2D eigenvalue weighted by atomic mass is 9.76. The molecule has 0 bridgehead atoms. The molecular formula is C27H28N2O4. The minimum absolute atomic E-state index is 0.0443. The van der Waals surface area contributed by atoms with Crippen molar-refractivity contribution in [3.05, 3.63) is 89.0 Å². The standard InChI is InChI=1S/C27H28N2O4/c1-31-21-9-10-22-20(15-21)8-11-24(23(22)13-18-5-3-2-4-6-18)29-27(30)28-16-19-7-12-25-26(14-19)33-17-32-25/h2-7,9-10,12,14-15,23-24H,8,11,13,16-17H2,1H3,(H2,28,29,30). The lowest BCUT2D eigenvalue weighted by Gasteiger charge is -2.34. The molecule has 1 heterocycles. The van der Waals surface area contributed by atoms with Crippen molar-refractivity contribution in [2.45, 2.75) is 37.8 Å². The fraction of sp³-hybridized carbons (Fsp3) is 0.296. The predicted molar refractivity (Wildman–Crippen MR) is 126 cm³/mol. The first-order valence-corrected chi connectivity index (χ1v) is 11.3. The van der Waals surface area contributed by atoms with E-state index in [-0.39, 0.29) is 24.8 Å². The second kappa shape index (κ2) is 9.45. The number of hydrogen-bond acceptors (Lipinski definition) is 4. The van der Waals surface area contributed by atoms with Gasteiger partial charge in [0.2, 0.25) is 6.79 Å². The molecule has 0 aromatic heterocycles. The summed E-state index contributed by atoms with van der Waals surface area (Å²) in [6, 6.07) is 22.4. The summed E-state index contributed by atoms with van der Waals surface area (Å²) in [6.45, 7) is 0.664. The number of nitrogens with one attached hydrogen (secondary N) is 2. The zero-order valence-electron chi connectivity index (χ0n) is 18.7. The van der Waals surface area contributed by atoms with Crippen molar-refractivity contribution in [2.24, 2.45) is 0 Å². The SMILES string of the molecule is COc1ccc2c(c1)CCC(NC(=O)NCc1ccc3c(c1)OCO3)C2Cc1ccccc1. The number of fused-ring (bicyclic) bond motifs is 2. The summed E-state index contributed by atoms with van der Waals surface area (Å²) >= 11 is 0. The van der Waals surface area contributed by atoms with Crippen LogP contribution >= 0.6 is 0 Å². The third kappa shape index (κ3) is 4.75. The van der Waals surface area contributed by atoms with E-state index in [1.807, 2.05) is 30.3 Å². The van der Waals surface area contributed by atoms with Crippen LogP contribution in [0.15, 0.2) is 66.7 Å². The van der Waals surface area contributed by atoms with Crippen LogP contribution in [0.2, 0.25) is 0 Å². The fourth-order valence-electron chi connectivity index (χ4n) is 4.76. The second-order valence-corrected chi connectivity index (χ2v) is 8.52. The summed E-state index contributed by atoms with van der Waals surface area (Å²) in [5.74, 6) is 2.53. The molecule has 0 saturated heterocycles. The fourth-order valence-corrected chi connectivity index (χ4v) is 4.76. The Hall–Kier alpha value is -3.67. The number of hydrogen-bond donors (Lipinski definition) is 2. The Balaban J connectivity index is 1.29. The van der Waals surface area contributed by atoms with Gasteiger partial charge < -0.3 is 24.8 Å². The van der Waals surface area contributed by atoms with E-state index < -0.39 is 0 Å². The van der Waals surface area contributed by atoms with Crippen molar-refractivity contribution in [3.8, 4) is 17.2 Å². The van der Waals surface area contributed by atoms with E-state index in [0.29, 0.717) is 6.54 Å². The second-order valence-electron chi connectivity index (χ2n) is 8.52. The first kappa shape index (κ1) is 21.2. The van der Waals surface area contributed by atoms with E-state index in [2.05, 4.69) is 47.0 Å². The van der Waals surface area contributed by atoms with E-state index in [1.165, 1.54) is 16.7 Å². The maximum atomic E-state index is 12.8. The van der Waals surface area contributed by atoms with Gasteiger partial charge in [0.05, 0.1) is 7.11 Å². The molecule has 1 aliphatic heterocycles. The summed E-state index contributed by atoms with van der Waals surface area (Å²) < 4.78 is 16.2. The summed E-state index contributed by atoms with van der Waals surface area (Å²) in [4.78, 5) is 12.8. The highest BCUT2D eigenvalue weighted by molar-refractivity contribution is 5.74. The Labute approximate surface area is 193 Å². The Morgan fingerprint density at radius 2 is 1.85 bits per heavy atom. The van der Waals surface area contributed by atoms with Crippen molar-refractivity contribution in [1.29, 1.82) is 0 Å². The Kier molecular flexibility index (Phi) is 6.07. The van der Waals surface area contributed by atoms with Gasteiger partial charge in [0.1, 0.15) is 5.75 Å². The zero-order valence-corrected chi connectivity index (χ0v) is 18.7. The van der Waals surface area contributed by atoms with E-state index in [4.69, 9.17) is 14.2 Å². The predicted octanol–water partition coefficient (Wildman–Crippen LogP) is 4.56. The molecule has 3 aromatic rings. The molecular weight excluding hydrogens is 416 g/mol. The van der Waals surface area contributed by atoms with Gasteiger partial charge >= 0.3 is 6.03 Å². The zero-order chi connectivity index (χ0) is 22.6. The molecule has 2 amide bonds. The minimum atomic E-state index is -0.160. The number of carbonyl (C=O) groups excluding carboxylic acids is 1. The van der Waals surface area contributed by atoms with Crippen LogP contribution in [0.25, 0.3) is 0 Å². The first-order chi connectivity index (χ1) is 16.2. The van der Waals surface area contributed by atoms with Crippen LogP contribution in [0.5, 0.6) is 17.2 Å². The summed E-state index contributed by atoms with van der Waals surface area (Å²) in [7, 11) is 1.70. The molecule has 0 spiro atoms. The van der Waals surface area contributed by atoms with Crippen molar-refractivity contribution in [3.63, 3.8) is 0 Å². The summed E-state index contributed by atoms with van der Waals surface area (Å²) in [5.41, 5.74) is 4.82. The lowest BCUT2D eigenvalue weighted by molar-refractivity contribution is 0.174. The van der Waals surface area contributed by atoms with E-state index in [1.54, 1.807) is 7.11 Å². The molecule has 0 saturated carbocycles. The van der Waals surface area contributed by atoms with Crippen molar-refractivity contribution >= 4 is 6.03 Å². The molecule has 170 valence electrons. The molecule has 6 nitrogen and oxygen atoms in total. The monoisotopic (exact) mass is 444 g/mol. The van der Waals surface area contributed by atoms with E-state index in [9.17, 15) is 4.79 Å². The highest BCUT2D eigenvalue weighted by Crippen LogP contribution is 2.36. The lowest BCUT2D eigenvalue weighted by Crippen LogP contribution is -2.46. The number of carbonyl (C=O) groups is 1. The van der Waals surface area contributed by atoms with Gasteiger partial charge in [-0.25, -0.2) is 4.79 Å².